The Bertz CT molecular complexity index is 1050. The molecule has 10 atom stereocenters. The highest BCUT2D eigenvalue weighted by Crippen LogP contribution is 2.79. The van der Waals surface area contributed by atoms with E-state index in [1.54, 1.807) is 0 Å². The molecule has 9 heteroatoms. The molecule has 0 aromatic carbocycles. The van der Waals surface area contributed by atoms with Gasteiger partial charge in [-0.05, 0) is 86.7 Å². The summed E-state index contributed by atoms with van der Waals surface area (Å²) in [5, 5.41) is -0.520. The van der Waals surface area contributed by atoms with Gasteiger partial charge in [-0.1, -0.05) is 37.2 Å². The standard InChI is InChI=1S/C27H34B4O5/c1-15-4-5-19(32-15)18-13-16-12-17(34-29)6-8-24(16,2)23-20(35-30)14-25(3)26(9-7-21(33-26)36-31)10-11-27(25,28)22(18)23/h4-5,13,17-18,20-23H,6-12,14H2,1-3H3/t17-,18-,20+,21?,22+,23?,24-,25+,26?,27+/m0/s1. The molecule has 0 amide bonds. The van der Waals surface area contributed by atoms with E-state index in [4.69, 9.17) is 55.1 Å². The second kappa shape index (κ2) is 8.56. The normalized spacial score (nSPS) is 49.9. The van der Waals surface area contributed by atoms with E-state index in [0.717, 1.165) is 62.9 Å². The van der Waals surface area contributed by atoms with Crippen LogP contribution >= 0.6 is 0 Å². The van der Waals surface area contributed by atoms with Crippen molar-refractivity contribution in [2.24, 2.45) is 22.7 Å². The van der Waals surface area contributed by atoms with Crippen LogP contribution in [0.2, 0.25) is 5.31 Å². The number of ether oxygens (including phenoxy) is 1. The molecular formula is C27H34B4O5. The zero-order chi connectivity index (χ0) is 25.5. The van der Waals surface area contributed by atoms with Crippen LogP contribution in [0.25, 0.3) is 0 Å². The van der Waals surface area contributed by atoms with Gasteiger partial charge in [0.25, 0.3) is 24.1 Å². The number of hydrogen-bond acceptors (Lipinski definition) is 5. The lowest BCUT2D eigenvalue weighted by Crippen LogP contribution is -2.63. The molecule has 8 radical (unpaired) electrons. The third kappa shape index (κ3) is 3.21. The Morgan fingerprint density at radius 1 is 0.944 bits per heavy atom. The Balaban J connectivity index is 1.52. The minimum Gasteiger partial charge on any atom is -0.466 e. The van der Waals surface area contributed by atoms with Crippen molar-refractivity contribution in [1.82, 2.24) is 0 Å². The molecule has 184 valence electrons. The number of aryl methyl sites for hydroxylation is 1. The van der Waals surface area contributed by atoms with Crippen molar-refractivity contribution in [3.05, 3.63) is 35.3 Å². The molecule has 3 saturated carbocycles. The highest BCUT2D eigenvalue weighted by Gasteiger charge is 2.74. The molecule has 4 aliphatic carbocycles. The molecule has 0 N–H and O–H groups in total. The van der Waals surface area contributed by atoms with Crippen molar-refractivity contribution in [3.63, 3.8) is 0 Å². The molecule has 36 heavy (non-hydrogen) atoms. The van der Waals surface area contributed by atoms with Crippen LogP contribution in [0.15, 0.2) is 28.2 Å². The maximum absolute atomic E-state index is 7.72. The van der Waals surface area contributed by atoms with Crippen LogP contribution in [-0.4, -0.2) is 56.1 Å². The van der Waals surface area contributed by atoms with Crippen LogP contribution in [0.3, 0.4) is 0 Å². The molecule has 1 aromatic rings. The number of allylic oxidation sites excluding steroid dienone is 1. The smallest absolute Gasteiger partial charge is 0.286 e. The largest absolute Gasteiger partial charge is 0.466 e. The molecule has 0 bridgehead atoms. The lowest BCUT2D eigenvalue weighted by Gasteiger charge is -2.67. The van der Waals surface area contributed by atoms with Crippen LogP contribution in [0.5, 0.6) is 0 Å². The first-order chi connectivity index (χ1) is 17.1. The summed E-state index contributed by atoms with van der Waals surface area (Å²) in [6.07, 6.45) is 8.51. The molecule has 4 fully saturated rings. The van der Waals surface area contributed by atoms with E-state index >= 15 is 0 Å². The minimum atomic E-state index is -0.520. The van der Waals surface area contributed by atoms with Crippen LogP contribution in [0, 0.1) is 29.6 Å². The molecule has 3 unspecified atom stereocenters. The molecule has 6 rings (SSSR count). The lowest BCUT2D eigenvalue weighted by atomic mass is 9.34. The van der Waals surface area contributed by atoms with Crippen LogP contribution in [-0.2, 0) is 18.7 Å². The van der Waals surface area contributed by atoms with Gasteiger partial charge in [-0.15, -0.1) is 0 Å². The molecular weight excluding hydrogens is 448 g/mol. The fourth-order valence-corrected chi connectivity index (χ4v) is 9.43. The number of furan rings is 1. The quantitative estimate of drug-likeness (QED) is 0.469. The molecule has 5 nitrogen and oxygen atoms in total. The Hall–Kier alpha value is -0.880. The van der Waals surface area contributed by atoms with Gasteiger partial charge >= 0.3 is 0 Å². The summed E-state index contributed by atoms with van der Waals surface area (Å²) in [4.78, 5) is 0. The van der Waals surface area contributed by atoms with Crippen LogP contribution in [0.1, 0.15) is 82.7 Å². The first kappa shape index (κ1) is 25.4. The Kier molecular flexibility index (Phi) is 6.04. The van der Waals surface area contributed by atoms with E-state index in [2.05, 4.69) is 26.0 Å². The molecule has 2 heterocycles. The fraction of sp³-hybridized carbons (Fsp3) is 0.778. The average molecular weight is 482 g/mol. The highest BCUT2D eigenvalue weighted by atomic mass is 16.7. The Labute approximate surface area is 220 Å². The fourth-order valence-electron chi connectivity index (χ4n) is 9.43. The molecule has 1 aromatic heterocycles. The third-order valence-corrected chi connectivity index (χ3v) is 11.4. The van der Waals surface area contributed by atoms with Crippen molar-refractivity contribution in [2.75, 3.05) is 0 Å². The van der Waals surface area contributed by atoms with E-state index in [-0.39, 0.29) is 40.8 Å². The lowest BCUT2D eigenvalue weighted by molar-refractivity contribution is -0.199. The van der Waals surface area contributed by atoms with Crippen molar-refractivity contribution in [2.45, 2.75) is 107 Å². The van der Waals surface area contributed by atoms with E-state index in [1.807, 2.05) is 13.0 Å². The zero-order valence-electron chi connectivity index (χ0n) is 21.7. The van der Waals surface area contributed by atoms with Gasteiger partial charge < -0.3 is 23.1 Å². The van der Waals surface area contributed by atoms with Crippen molar-refractivity contribution in [3.8, 4) is 0 Å². The monoisotopic (exact) mass is 482 g/mol. The van der Waals surface area contributed by atoms with E-state index < -0.39 is 17.2 Å². The molecule has 5 aliphatic rings. The third-order valence-electron chi connectivity index (χ3n) is 11.4. The second-order valence-electron chi connectivity index (χ2n) is 12.6. The summed E-state index contributed by atoms with van der Waals surface area (Å²) in [5.74, 6) is 1.99. The maximum Gasteiger partial charge on any atom is 0.286 e. The van der Waals surface area contributed by atoms with Crippen molar-refractivity contribution >= 4 is 32.0 Å². The van der Waals surface area contributed by atoms with Crippen molar-refractivity contribution < 1.29 is 23.1 Å². The first-order valence-corrected chi connectivity index (χ1v) is 13.5. The summed E-state index contributed by atoms with van der Waals surface area (Å²) in [6, 6.07) is 4.13. The number of hydrogen-bond donors (Lipinski definition) is 0. The van der Waals surface area contributed by atoms with Gasteiger partial charge in [-0.3, -0.25) is 0 Å². The summed E-state index contributed by atoms with van der Waals surface area (Å²) in [5.41, 5.74) is 0.426. The highest BCUT2D eigenvalue weighted by molar-refractivity contribution is 6.17. The molecule has 1 aliphatic heterocycles. The SMILES string of the molecule is [B]OC1CCC2(CC[C@@]3([B])[C@H]4C([C@H](O[B])C[C@]23C)[C@@]2(C)CC[C@H](O[B])CC2=C[C@H]4c2ccc(C)o2)O1. The van der Waals surface area contributed by atoms with Gasteiger partial charge in [0.05, 0.1) is 13.4 Å². The van der Waals surface area contributed by atoms with Crippen molar-refractivity contribution in [1.29, 1.82) is 0 Å². The summed E-state index contributed by atoms with van der Waals surface area (Å²) in [6.45, 7) is 6.63. The van der Waals surface area contributed by atoms with E-state index in [1.165, 1.54) is 5.57 Å². The minimum absolute atomic E-state index is 0.00707. The predicted octanol–water partition coefficient (Wildman–Crippen LogP) is 4.48. The zero-order valence-corrected chi connectivity index (χ0v) is 21.7. The van der Waals surface area contributed by atoms with Crippen LogP contribution in [0.4, 0.5) is 0 Å². The van der Waals surface area contributed by atoms with Gasteiger partial charge in [0.15, 0.2) is 0 Å². The van der Waals surface area contributed by atoms with Gasteiger partial charge in [0.1, 0.15) is 17.8 Å². The van der Waals surface area contributed by atoms with Gasteiger partial charge in [0, 0.05) is 18.1 Å². The molecule has 1 saturated heterocycles. The topological polar surface area (TPSA) is 50.1 Å². The predicted molar refractivity (Wildman–Crippen MR) is 139 cm³/mol. The second-order valence-corrected chi connectivity index (χ2v) is 12.6. The number of rotatable bonds is 4. The van der Waals surface area contributed by atoms with Crippen LogP contribution < -0.4 is 0 Å². The van der Waals surface area contributed by atoms with E-state index in [0.29, 0.717) is 0 Å². The Morgan fingerprint density at radius 2 is 1.75 bits per heavy atom. The maximum atomic E-state index is 7.72. The van der Waals surface area contributed by atoms with Gasteiger partial charge in [0.2, 0.25) is 0 Å². The number of fused-ring (bicyclic) bond motifs is 6. The summed E-state index contributed by atoms with van der Waals surface area (Å²) in [7, 11) is 25.1. The van der Waals surface area contributed by atoms with Gasteiger partial charge in [-0.25, -0.2) is 0 Å². The Morgan fingerprint density at radius 3 is 2.39 bits per heavy atom. The summed E-state index contributed by atoms with van der Waals surface area (Å²) < 4.78 is 29.3. The summed E-state index contributed by atoms with van der Waals surface area (Å²) >= 11 is 0. The molecule has 1 spiro atoms. The average Bonchev–Trinajstić information content (AvgIpc) is 3.56. The van der Waals surface area contributed by atoms with E-state index in [9.17, 15) is 0 Å². The first-order valence-electron chi connectivity index (χ1n) is 13.5. The van der Waals surface area contributed by atoms with Gasteiger partial charge in [-0.2, -0.15) is 0 Å².